The van der Waals surface area contributed by atoms with Crippen molar-refractivity contribution in [2.24, 2.45) is 0 Å². The lowest BCUT2D eigenvalue weighted by Crippen LogP contribution is -2.50. The summed E-state index contributed by atoms with van der Waals surface area (Å²) in [6.45, 7) is 3.77. The van der Waals surface area contributed by atoms with Gasteiger partial charge in [-0.25, -0.2) is 4.39 Å². The van der Waals surface area contributed by atoms with E-state index >= 15 is 0 Å². The molecule has 5 heteroatoms. The van der Waals surface area contributed by atoms with Crippen LogP contribution in [0, 0.1) is 5.82 Å². The molecule has 0 bridgehead atoms. The Balaban J connectivity index is 1.30. The number of amides is 1. The predicted molar refractivity (Wildman–Crippen MR) is 128 cm³/mol. The van der Waals surface area contributed by atoms with E-state index in [0.29, 0.717) is 25.1 Å². The summed E-state index contributed by atoms with van der Waals surface area (Å²) in [7, 11) is 0. The molecule has 0 aromatic heterocycles. The van der Waals surface area contributed by atoms with Crippen LogP contribution >= 0.6 is 0 Å². The monoisotopic (exact) mass is 444 g/mol. The lowest BCUT2D eigenvalue weighted by molar-refractivity contribution is -0.133. The number of carbonyl (C=O) groups excluding carboxylic acids is 2. The highest BCUT2D eigenvalue weighted by atomic mass is 19.1. The number of carbonyl (C=O) groups is 2. The molecule has 3 aromatic carbocycles. The highest BCUT2D eigenvalue weighted by Crippen LogP contribution is 2.27. The Labute approximate surface area is 194 Å². The average Bonchev–Trinajstić information content (AvgIpc) is 2.86. The van der Waals surface area contributed by atoms with Crippen LogP contribution < -0.4 is 0 Å². The van der Waals surface area contributed by atoms with Crippen molar-refractivity contribution >= 4 is 11.7 Å². The van der Waals surface area contributed by atoms with Crippen LogP contribution in [-0.4, -0.2) is 54.2 Å². The number of piperazine rings is 1. The number of Topliss-reactive ketones (excluding diaryl/α,β-unsaturated/α-hetero) is 1. The summed E-state index contributed by atoms with van der Waals surface area (Å²) in [5.41, 5.74) is 2.57. The molecule has 0 unspecified atom stereocenters. The molecule has 0 saturated carbocycles. The topological polar surface area (TPSA) is 40.6 Å². The SMILES string of the molecule is O=C(CCCN1CCN(C(=O)C(c2ccccc2)c2ccccc2)CC1)c1ccc(F)cc1. The Morgan fingerprint density at radius 1 is 0.758 bits per heavy atom. The van der Waals surface area contributed by atoms with E-state index in [4.69, 9.17) is 0 Å². The van der Waals surface area contributed by atoms with Gasteiger partial charge in [0.05, 0.1) is 5.92 Å². The molecule has 1 heterocycles. The second-order valence-corrected chi connectivity index (χ2v) is 8.45. The Morgan fingerprint density at radius 2 is 1.30 bits per heavy atom. The van der Waals surface area contributed by atoms with Gasteiger partial charge in [0.1, 0.15) is 5.82 Å². The summed E-state index contributed by atoms with van der Waals surface area (Å²) >= 11 is 0. The minimum absolute atomic E-state index is 0.0392. The van der Waals surface area contributed by atoms with Gasteiger partial charge < -0.3 is 4.90 Å². The van der Waals surface area contributed by atoms with E-state index in [9.17, 15) is 14.0 Å². The molecule has 0 aliphatic carbocycles. The molecule has 0 spiro atoms. The first-order valence-corrected chi connectivity index (χ1v) is 11.5. The zero-order valence-corrected chi connectivity index (χ0v) is 18.7. The van der Waals surface area contributed by atoms with Crippen molar-refractivity contribution in [3.05, 3.63) is 107 Å². The van der Waals surface area contributed by atoms with Crippen molar-refractivity contribution < 1.29 is 14.0 Å². The smallest absolute Gasteiger partial charge is 0.234 e. The van der Waals surface area contributed by atoms with Crippen molar-refractivity contribution in [1.82, 2.24) is 9.80 Å². The summed E-state index contributed by atoms with van der Waals surface area (Å²) in [6.07, 6.45) is 1.19. The summed E-state index contributed by atoms with van der Waals surface area (Å²) in [5, 5.41) is 0. The molecule has 0 radical (unpaired) electrons. The van der Waals surface area contributed by atoms with Gasteiger partial charge in [-0.1, -0.05) is 60.7 Å². The third-order valence-electron chi connectivity index (χ3n) is 6.24. The summed E-state index contributed by atoms with van der Waals surface area (Å²) in [5.74, 6) is -0.455. The maximum absolute atomic E-state index is 13.5. The van der Waals surface area contributed by atoms with Crippen LogP contribution in [0.4, 0.5) is 4.39 Å². The minimum Gasteiger partial charge on any atom is -0.339 e. The summed E-state index contributed by atoms with van der Waals surface area (Å²) in [6, 6.07) is 25.6. The molecule has 170 valence electrons. The van der Waals surface area contributed by atoms with E-state index in [1.807, 2.05) is 65.6 Å². The molecule has 1 fully saturated rings. The third kappa shape index (κ3) is 5.93. The molecule has 1 amide bonds. The lowest BCUT2D eigenvalue weighted by Gasteiger charge is -2.36. The van der Waals surface area contributed by atoms with Gasteiger partial charge in [-0.05, 0) is 48.4 Å². The Bertz CT molecular complexity index is 1010. The first kappa shape index (κ1) is 22.9. The van der Waals surface area contributed by atoms with Gasteiger partial charge in [0, 0.05) is 38.2 Å². The number of hydrogen-bond acceptors (Lipinski definition) is 3. The third-order valence-corrected chi connectivity index (χ3v) is 6.24. The number of hydrogen-bond donors (Lipinski definition) is 0. The van der Waals surface area contributed by atoms with Crippen LogP contribution in [0.15, 0.2) is 84.9 Å². The minimum atomic E-state index is -0.333. The standard InChI is InChI=1S/C28H29FN2O2/c29-25-15-13-22(14-16-25)26(32)12-7-17-30-18-20-31(21-19-30)28(33)27(23-8-3-1-4-9-23)24-10-5-2-6-11-24/h1-6,8-11,13-16,27H,7,12,17-21H2. The van der Waals surface area contributed by atoms with Gasteiger partial charge in [0.15, 0.2) is 5.78 Å². The largest absolute Gasteiger partial charge is 0.339 e. The number of rotatable bonds is 8. The molecule has 4 nitrogen and oxygen atoms in total. The van der Waals surface area contributed by atoms with E-state index < -0.39 is 0 Å². The molecule has 0 atom stereocenters. The number of benzene rings is 3. The Hall–Kier alpha value is -3.31. The van der Waals surface area contributed by atoms with E-state index in [-0.39, 0.29) is 23.4 Å². The zero-order chi connectivity index (χ0) is 23.0. The van der Waals surface area contributed by atoms with Gasteiger partial charge in [-0.3, -0.25) is 14.5 Å². The molecule has 1 saturated heterocycles. The van der Waals surface area contributed by atoms with Crippen molar-refractivity contribution in [3.8, 4) is 0 Å². The molecule has 33 heavy (non-hydrogen) atoms. The second-order valence-electron chi connectivity index (χ2n) is 8.45. The lowest BCUT2D eigenvalue weighted by atomic mass is 9.90. The van der Waals surface area contributed by atoms with Crippen LogP contribution in [0.3, 0.4) is 0 Å². The molecule has 3 aromatic rings. The molecule has 1 aliphatic heterocycles. The fraction of sp³-hybridized carbons (Fsp3) is 0.286. The van der Waals surface area contributed by atoms with Crippen molar-refractivity contribution in [1.29, 1.82) is 0 Å². The van der Waals surface area contributed by atoms with Crippen molar-refractivity contribution in [3.63, 3.8) is 0 Å². The highest BCUT2D eigenvalue weighted by molar-refractivity contribution is 5.96. The number of nitrogens with zero attached hydrogens (tertiary/aromatic N) is 2. The summed E-state index contributed by atoms with van der Waals surface area (Å²) < 4.78 is 13.0. The van der Waals surface area contributed by atoms with Crippen molar-refractivity contribution in [2.45, 2.75) is 18.8 Å². The van der Waals surface area contributed by atoms with Crippen LogP contribution in [0.2, 0.25) is 0 Å². The first-order chi connectivity index (χ1) is 16.1. The maximum atomic E-state index is 13.5. The van der Waals surface area contributed by atoms with Gasteiger partial charge in [-0.15, -0.1) is 0 Å². The molecule has 0 N–H and O–H groups in total. The quantitative estimate of drug-likeness (QED) is 0.470. The highest BCUT2D eigenvalue weighted by Gasteiger charge is 2.29. The van der Waals surface area contributed by atoms with Crippen LogP contribution in [-0.2, 0) is 4.79 Å². The number of halogens is 1. The van der Waals surface area contributed by atoms with E-state index in [2.05, 4.69) is 4.90 Å². The van der Waals surface area contributed by atoms with E-state index in [0.717, 1.165) is 37.2 Å². The zero-order valence-electron chi connectivity index (χ0n) is 18.7. The predicted octanol–water partition coefficient (Wildman–Crippen LogP) is 4.76. The normalized spacial score (nSPS) is 14.4. The number of ketones is 1. The second kappa shape index (κ2) is 11.0. The summed E-state index contributed by atoms with van der Waals surface area (Å²) in [4.78, 5) is 30.1. The van der Waals surface area contributed by atoms with E-state index in [1.165, 1.54) is 24.3 Å². The fourth-order valence-electron chi connectivity index (χ4n) is 4.39. The fourth-order valence-corrected chi connectivity index (χ4v) is 4.39. The maximum Gasteiger partial charge on any atom is 0.234 e. The average molecular weight is 445 g/mol. The van der Waals surface area contributed by atoms with Crippen LogP contribution in [0.25, 0.3) is 0 Å². The molecular weight excluding hydrogens is 415 g/mol. The first-order valence-electron chi connectivity index (χ1n) is 11.5. The molecule has 1 aliphatic rings. The van der Waals surface area contributed by atoms with Gasteiger partial charge in [0.25, 0.3) is 0 Å². The van der Waals surface area contributed by atoms with Crippen molar-refractivity contribution in [2.75, 3.05) is 32.7 Å². The molecular formula is C28H29FN2O2. The van der Waals surface area contributed by atoms with Gasteiger partial charge in [-0.2, -0.15) is 0 Å². The van der Waals surface area contributed by atoms with Gasteiger partial charge >= 0.3 is 0 Å². The van der Waals surface area contributed by atoms with E-state index in [1.54, 1.807) is 0 Å². The Kier molecular flexibility index (Phi) is 7.63. The molecule has 4 rings (SSSR count). The van der Waals surface area contributed by atoms with Crippen LogP contribution in [0.5, 0.6) is 0 Å². The van der Waals surface area contributed by atoms with Crippen LogP contribution in [0.1, 0.15) is 40.2 Å². The van der Waals surface area contributed by atoms with Gasteiger partial charge in [0.2, 0.25) is 5.91 Å². The Morgan fingerprint density at radius 3 is 1.85 bits per heavy atom.